The van der Waals surface area contributed by atoms with E-state index in [1.165, 1.54) is 39.3 Å². The number of nitrogens with zero attached hydrogens (tertiary/aromatic N) is 1. The van der Waals surface area contributed by atoms with Gasteiger partial charge in [-0.3, -0.25) is 5.32 Å². The number of fused-ring (bicyclic) bond motifs is 1. The number of halogens is 5. The number of ether oxygens (including phenoxy) is 1. The second kappa shape index (κ2) is 8.08. The van der Waals surface area contributed by atoms with Crippen LogP contribution in [0.1, 0.15) is 31.4 Å². The molecule has 1 aromatic carbocycles. The number of alkyl halides is 3. The summed E-state index contributed by atoms with van der Waals surface area (Å²) in [6.45, 7) is 2.47. The number of benzene rings is 1. The minimum absolute atomic E-state index is 0.0553. The van der Waals surface area contributed by atoms with Gasteiger partial charge in [0.1, 0.15) is 17.1 Å². The number of hydrogen-bond acceptors (Lipinski definition) is 4. The van der Waals surface area contributed by atoms with Crippen molar-refractivity contribution < 1.29 is 31.8 Å². The fourth-order valence-electron chi connectivity index (χ4n) is 3.67. The van der Waals surface area contributed by atoms with Crippen LogP contribution in [-0.2, 0) is 12.0 Å². The van der Waals surface area contributed by atoms with Crippen LogP contribution in [0.25, 0.3) is 10.9 Å². The average Bonchev–Trinajstić information content (AvgIpc) is 3.17. The number of aromatic nitrogens is 2. The first-order chi connectivity index (χ1) is 14.4. The first-order valence-electron chi connectivity index (χ1n) is 9.36. The van der Waals surface area contributed by atoms with Gasteiger partial charge in [0.25, 0.3) is 0 Å². The zero-order chi connectivity index (χ0) is 23.0. The molecule has 0 fully saturated rings. The molecule has 0 aliphatic heterocycles. The van der Waals surface area contributed by atoms with E-state index in [1.54, 1.807) is 0 Å². The molecule has 5 nitrogen and oxygen atoms in total. The summed E-state index contributed by atoms with van der Waals surface area (Å²) in [5.41, 5.74) is -4.17. The molecule has 3 aromatic rings. The molecule has 1 unspecified atom stereocenters. The first kappa shape index (κ1) is 23.0. The van der Waals surface area contributed by atoms with Gasteiger partial charge in [0.05, 0.1) is 7.11 Å². The van der Waals surface area contributed by atoms with Gasteiger partial charge in [-0.15, -0.1) is 0 Å². The van der Waals surface area contributed by atoms with E-state index in [-0.39, 0.29) is 22.4 Å². The summed E-state index contributed by atoms with van der Waals surface area (Å²) in [7, 11) is 1.32. The quantitative estimate of drug-likeness (QED) is 0.285. The van der Waals surface area contributed by atoms with Crippen molar-refractivity contribution in [3.8, 4) is 5.75 Å². The van der Waals surface area contributed by atoms with E-state index in [1.807, 2.05) is 0 Å². The Morgan fingerprint density at radius 1 is 1.16 bits per heavy atom. The monoisotopic (exact) mass is 443 g/mol. The lowest BCUT2D eigenvalue weighted by Gasteiger charge is -2.39. The number of pyridine rings is 1. The van der Waals surface area contributed by atoms with Gasteiger partial charge in [-0.25, -0.2) is 9.37 Å². The largest absolute Gasteiger partial charge is 0.496 e. The Balaban J connectivity index is 1.93. The minimum Gasteiger partial charge on any atom is -0.496 e. The van der Waals surface area contributed by atoms with Gasteiger partial charge in [-0.1, -0.05) is 13.8 Å². The fraction of sp³-hybridized carbons (Fsp3) is 0.381. The van der Waals surface area contributed by atoms with Crippen molar-refractivity contribution in [2.45, 2.75) is 44.1 Å². The number of methoxy groups -OCH3 is 1. The van der Waals surface area contributed by atoms with Crippen molar-refractivity contribution in [2.75, 3.05) is 7.11 Å². The zero-order valence-electron chi connectivity index (χ0n) is 17.1. The SMILES string of the molecule is COc1ccc(F)cc1C(C)(C)CC(O)(NCc1cnc(F)c2[nH]ccc12)C(F)(F)F. The Hall–Kier alpha value is -2.72. The number of aromatic amines is 1. The fourth-order valence-corrected chi connectivity index (χ4v) is 3.67. The lowest BCUT2D eigenvalue weighted by Crippen LogP contribution is -2.59. The predicted molar refractivity (Wildman–Crippen MR) is 104 cm³/mol. The number of aliphatic hydroxyl groups is 1. The maximum Gasteiger partial charge on any atom is 0.431 e. The molecule has 2 heterocycles. The molecule has 0 saturated heterocycles. The molecular formula is C21H22F5N3O2. The summed E-state index contributed by atoms with van der Waals surface area (Å²) in [4.78, 5) is 6.17. The van der Waals surface area contributed by atoms with Gasteiger partial charge in [-0.05, 0) is 35.2 Å². The zero-order valence-corrected chi connectivity index (χ0v) is 17.1. The molecule has 1 atom stereocenters. The highest BCUT2D eigenvalue weighted by Crippen LogP contribution is 2.42. The number of hydrogen-bond donors (Lipinski definition) is 3. The van der Waals surface area contributed by atoms with Crippen LogP contribution in [-0.4, -0.2) is 34.1 Å². The Bertz CT molecular complexity index is 1080. The van der Waals surface area contributed by atoms with Gasteiger partial charge in [-0.2, -0.15) is 17.6 Å². The van der Waals surface area contributed by atoms with Gasteiger partial charge >= 0.3 is 6.18 Å². The summed E-state index contributed by atoms with van der Waals surface area (Å²) in [6.07, 6.45) is -3.35. The highest BCUT2D eigenvalue weighted by molar-refractivity contribution is 5.82. The van der Waals surface area contributed by atoms with E-state index >= 15 is 0 Å². The molecule has 168 valence electrons. The first-order valence-corrected chi connectivity index (χ1v) is 9.36. The average molecular weight is 443 g/mol. The third-order valence-electron chi connectivity index (χ3n) is 5.26. The van der Waals surface area contributed by atoms with Gasteiger partial charge < -0.3 is 14.8 Å². The van der Waals surface area contributed by atoms with Crippen LogP contribution in [0.5, 0.6) is 5.75 Å². The Labute approximate surface area is 175 Å². The topological polar surface area (TPSA) is 70.2 Å². The summed E-state index contributed by atoms with van der Waals surface area (Å²) in [5, 5.41) is 13.1. The van der Waals surface area contributed by atoms with E-state index in [0.29, 0.717) is 5.39 Å². The molecule has 0 spiro atoms. The second-order valence-electron chi connectivity index (χ2n) is 7.96. The van der Waals surface area contributed by atoms with Crippen LogP contribution in [0.15, 0.2) is 36.7 Å². The molecule has 0 amide bonds. The van der Waals surface area contributed by atoms with Crippen LogP contribution in [0.4, 0.5) is 22.0 Å². The molecule has 0 aliphatic rings. The van der Waals surface area contributed by atoms with Crippen LogP contribution in [0.3, 0.4) is 0 Å². The third kappa shape index (κ3) is 4.49. The van der Waals surface area contributed by atoms with E-state index in [4.69, 9.17) is 4.74 Å². The number of rotatable bonds is 7. The standard InChI is InChI=1S/C21H22F5N3O2/c1-19(2,15-8-13(22)4-5-16(15)31-3)11-20(30,21(24,25)26)29-10-12-9-28-18(23)17-14(12)6-7-27-17/h4-9,27,29-30H,10-11H2,1-3H3. The summed E-state index contributed by atoms with van der Waals surface area (Å²) in [5.74, 6) is -1.22. The number of H-pyrrole nitrogens is 1. The van der Waals surface area contributed by atoms with Gasteiger partial charge in [0, 0.05) is 36.3 Å². The Morgan fingerprint density at radius 2 is 1.87 bits per heavy atom. The van der Waals surface area contributed by atoms with Crippen LogP contribution in [0.2, 0.25) is 0 Å². The third-order valence-corrected chi connectivity index (χ3v) is 5.26. The normalized spacial score (nSPS) is 14.6. The van der Waals surface area contributed by atoms with E-state index in [0.717, 1.165) is 18.3 Å². The lowest BCUT2D eigenvalue weighted by atomic mass is 9.77. The summed E-state index contributed by atoms with van der Waals surface area (Å²) < 4.78 is 74.5. The molecule has 3 rings (SSSR count). The highest BCUT2D eigenvalue weighted by Gasteiger charge is 2.56. The van der Waals surface area contributed by atoms with E-state index < -0.39 is 42.0 Å². The molecule has 10 heteroatoms. The van der Waals surface area contributed by atoms with Crippen LogP contribution in [0, 0.1) is 11.8 Å². The lowest BCUT2D eigenvalue weighted by molar-refractivity contribution is -0.280. The van der Waals surface area contributed by atoms with E-state index in [9.17, 15) is 27.1 Å². The second-order valence-corrected chi connectivity index (χ2v) is 7.96. The predicted octanol–water partition coefficient (Wildman–Crippen LogP) is 4.56. The van der Waals surface area contributed by atoms with Crippen molar-refractivity contribution in [1.29, 1.82) is 0 Å². The van der Waals surface area contributed by atoms with Crippen molar-refractivity contribution in [2.24, 2.45) is 0 Å². The van der Waals surface area contributed by atoms with Crippen molar-refractivity contribution in [3.05, 3.63) is 59.6 Å². The van der Waals surface area contributed by atoms with Crippen LogP contribution >= 0.6 is 0 Å². The maximum atomic E-state index is 13.9. The molecule has 0 aliphatic carbocycles. The maximum absolute atomic E-state index is 13.9. The molecule has 0 saturated carbocycles. The Kier molecular flexibility index (Phi) is 5.98. The van der Waals surface area contributed by atoms with Gasteiger partial charge in [0.2, 0.25) is 11.7 Å². The molecular weight excluding hydrogens is 421 g/mol. The highest BCUT2D eigenvalue weighted by atomic mass is 19.4. The summed E-state index contributed by atoms with van der Waals surface area (Å²) >= 11 is 0. The molecule has 31 heavy (non-hydrogen) atoms. The van der Waals surface area contributed by atoms with Gasteiger partial charge in [0.15, 0.2) is 0 Å². The Morgan fingerprint density at radius 3 is 2.52 bits per heavy atom. The molecule has 3 N–H and O–H groups in total. The van der Waals surface area contributed by atoms with Crippen molar-refractivity contribution in [3.63, 3.8) is 0 Å². The van der Waals surface area contributed by atoms with Crippen molar-refractivity contribution in [1.82, 2.24) is 15.3 Å². The molecule has 0 radical (unpaired) electrons. The minimum atomic E-state index is -5.06. The number of nitrogens with one attached hydrogen (secondary N) is 2. The molecule has 2 aromatic heterocycles. The molecule has 0 bridgehead atoms. The smallest absolute Gasteiger partial charge is 0.431 e. The van der Waals surface area contributed by atoms with Crippen LogP contribution < -0.4 is 10.1 Å². The van der Waals surface area contributed by atoms with Crippen molar-refractivity contribution >= 4 is 10.9 Å². The van der Waals surface area contributed by atoms with E-state index in [2.05, 4.69) is 15.3 Å². The summed E-state index contributed by atoms with van der Waals surface area (Å²) in [6, 6.07) is 5.05.